The SMILES string of the molecule is CC(C)(C)c1cc(NC(=O)Nc2cccc(Oc3cccc4[nH]c(=O)[nH]c34)c2)n(-c2ccc(F)cc2)n1. The number of fused-ring (bicyclic) bond motifs is 1. The number of anilines is 2. The molecule has 0 saturated heterocycles. The predicted octanol–water partition coefficient (Wildman–Crippen LogP) is 5.91. The molecule has 3 aromatic carbocycles. The van der Waals surface area contributed by atoms with E-state index in [-0.39, 0.29) is 16.9 Å². The molecule has 2 heterocycles. The second-order valence-corrected chi connectivity index (χ2v) is 9.52. The fourth-order valence-corrected chi connectivity index (χ4v) is 3.78. The summed E-state index contributed by atoms with van der Waals surface area (Å²) in [5.41, 5.74) is 2.45. The summed E-state index contributed by atoms with van der Waals surface area (Å²) in [5.74, 6) is 1.01. The van der Waals surface area contributed by atoms with Crippen LogP contribution in [0.15, 0.2) is 77.6 Å². The summed E-state index contributed by atoms with van der Waals surface area (Å²) in [6, 6.07) is 19.3. The minimum atomic E-state index is -0.488. The Kier molecular flexibility index (Phi) is 6.00. The highest BCUT2D eigenvalue weighted by Crippen LogP contribution is 2.29. The smallest absolute Gasteiger partial charge is 0.324 e. The minimum absolute atomic E-state index is 0.267. The molecule has 0 aliphatic carbocycles. The molecule has 4 N–H and O–H groups in total. The van der Waals surface area contributed by atoms with Crippen LogP contribution in [-0.4, -0.2) is 25.8 Å². The van der Waals surface area contributed by atoms with E-state index in [1.807, 2.05) is 20.8 Å². The molecule has 0 saturated carbocycles. The molecule has 9 nitrogen and oxygen atoms in total. The fraction of sp³-hybridized carbons (Fsp3) is 0.148. The Bertz CT molecular complexity index is 1640. The van der Waals surface area contributed by atoms with Gasteiger partial charge in [-0.1, -0.05) is 32.9 Å². The Morgan fingerprint density at radius 2 is 1.73 bits per heavy atom. The number of nitrogens with zero attached hydrogens (tertiary/aromatic N) is 2. The molecule has 5 aromatic rings. The molecular formula is C27H25FN6O3. The van der Waals surface area contributed by atoms with Crippen molar-refractivity contribution in [1.82, 2.24) is 19.7 Å². The van der Waals surface area contributed by atoms with Gasteiger partial charge in [-0.15, -0.1) is 0 Å². The van der Waals surface area contributed by atoms with Crippen LogP contribution in [0.5, 0.6) is 11.5 Å². The van der Waals surface area contributed by atoms with Crippen LogP contribution in [0.25, 0.3) is 16.7 Å². The van der Waals surface area contributed by atoms with Crippen molar-refractivity contribution < 1.29 is 13.9 Å². The lowest BCUT2D eigenvalue weighted by atomic mass is 9.92. The highest BCUT2D eigenvalue weighted by atomic mass is 19.1. The molecule has 0 unspecified atom stereocenters. The Hall–Kier alpha value is -4.86. The number of rotatable bonds is 5. The standard InChI is InChI=1S/C27H25FN6O3/c1-27(2,3)22-15-23(34(33-22)18-12-10-16(28)11-13-18)31-25(35)29-17-6-4-7-19(14-17)37-21-9-5-8-20-24(21)32-26(36)30-20/h4-15H,1-3H3,(H2,29,31,35)(H2,30,32,36). The fourth-order valence-electron chi connectivity index (χ4n) is 3.78. The van der Waals surface area contributed by atoms with Gasteiger partial charge in [0.15, 0.2) is 5.75 Å². The third kappa shape index (κ3) is 5.22. The lowest BCUT2D eigenvalue weighted by Crippen LogP contribution is -2.21. The van der Waals surface area contributed by atoms with Crippen LogP contribution in [0.2, 0.25) is 0 Å². The molecule has 2 amide bonds. The number of benzene rings is 3. The average molecular weight is 501 g/mol. The summed E-state index contributed by atoms with van der Waals surface area (Å²) >= 11 is 0. The number of hydrogen-bond donors (Lipinski definition) is 4. The van der Waals surface area contributed by atoms with E-state index < -0.39 is 6.03 Å². The number of urea groups is 1. The molecule has 10 heteroatoms. The van der Waals surface area contributed by atoms with Crippen molar-refractivity contribution in [2.75, 3.05) is 10.6 Å². The number of imidazole rings is 1. The second kappa shape index (κ2) is 9.30. The monoisotopic (exact) mass is 500 g/mol. The molecule has 0 fully saturated rings. The van der Waals surface area contributed by atoms with Crippen molar-refractivity contribution in [1.29, 1.82) is 0 Å². The van der Waals surface area contributed by atoms with Crippen molar-refractivity contribution in [3.63, 3.8) is 0 Å². The first kappa shape index (κ1) is 23.9. The number of aromatic amines is 2. The van der Waals surface area contributed by atoms with Crippen molar-refractivity contribution in [2.24, 2.45) is 0 Å². The van der Waals surface area contributed by atoms with Crippen LogP contribution >= 0.6 is 0 Å². The van der Waals surface area contributed by atoms with Crippen LogP contribution < -0.4 is 21.1 Å². The van der Waals surface area contributed by atoms with Gasteiger partial charge in [0.2, 0.25) is 0 Å². The van der Waals surface area contributed by atoms with Gasteiger partial charge in [0.25, 0.3) is 0 Å². The zero-order chi connectivity index (χ0) is 26.2. The largest absolute Gasteiger partial charge is 0.455 e. The van der Waals surface area contributed by atoms with Gasteiger partial charge in [0.1, 0.15) is 22.9 Å². The first-order valence-corrected chi connectivity index (χ1v) is 11.6. The number of ether oxygens (including phenoxy) is 1. The van der Waals surface area contributed by atoms with Gasteiger partial charge >= 0.3 is 11.7 Å². The molecule has 0 atom stereocenters. The van der Waals surface area contributed by atoms with Crippen LogP contribution in [0.4, 0.5) is 20.7 Å². The van der Waals surface area contributed by atoms with E-state index in [0.29, 0.717) is 39.7 Å². The Morgan fingerprint density at radius 1 is 0.973 bits per heavy atom. The molecule has 0 radical (unpaired) electrons. The van der Waals surface area contributed by atoms with Gasteiger partial charge < -0.3 is 20.0 Å². The van der Waals surface area contributed by atoms with Crippen molar-refractivity contribution in [3.05, 3.63) is 94.8 Å². The van der Waals surface area contributed by atoms with Crippen LogP contribution in [0.1, 0.15) is 26.5 Å². The van der Waals surface area contributed by atoms with Crippen LogP contribution in [0.3, 0.4) is 0 Å². The maximum Gasteiger partial charge on any atom is 0.324 e. The molecule has 0 bridgehead atoms. The van der Waals surface area contributed by atoms with Crippen molar-refractivity contribution in [3.8, 4) is 17.2 Å². The van der Waals surface area contributed by atoms with Crippen molar-refractivity contribution >= 4 is 28.6 Å². The van der Waals surface area contributed by atoms with Gasteiger partial charge in [-0.25, -0.2) is 18.7 Å². The molecule has 0 aliphatic rings. The number of H-pyrrole nitrogens is 2. The van der Waals surface area contributed by atoms with Gasteiger partial charge in [-0.2, -0.15) is 5.10 Å². The molecule has 0 spiro atoms. The molecular weight excluding hydrogens is 475 g/mol. The van der Waals surface area contributed by atoms with E-state index in [4.69, 9.17) is 4.74 Å². The van der Waals surface area contributed by atoms with Gasteiger partial charge in [-0.05, 0) is 48.5 Å². The van der Waals surface area contributed by atoms with Gasteiger partial charge in [-0.3, -0.25) is 5.32 Å². The summed E-state index contributed by atoms with van der Waals surface area (Å²) in [6.45, 7) is 6.05. The van der Waals surface area contributed by atoms with E-state index in [2.05, 4.69) is 25.7 Å². The third-order valence-electron chi connectivity index (χ3n) is 5.62. The Balaban J connectivity index is 1.36. The minimum Gasteiger partial charge on any atom is -0.455 e. The number of aromatic nitrogens is 4. The molecule has 188 valence electrons. The summed E-state index contributed by atoms with van der Waals surface area (Å²) in [5, 5.41) is 10.3. The Labute approximate surface area is 211 Å². The normalized spacial score (nSPS) is 11.5. The molecule has 2 aromatic heterocycles. The average Bonchev–Trinajstić information content (AvgIpc) is 3.43. The maximum atomic E-state index is 13.5. The number of para-hydroxylation sites is 1. The van der Waals surface area contributed by atoms with Gasteiger partial charge in [0.05, 0.1) is 16.9 Å². The van der Waals surface area contributed by atoms with Crippen LogP contribution in [0, 0.1) is 5.82 Å². The summed E-state index contributed by atoms with van der Waals surface area (Å²) in [7, 11) is 0. The number of nitrogens with one attached hydrogen (secondary N) is 4. The summed E-state index contributed by atoms with van der Waals surface area (Å²) < 4.78 is 21.0. The van der Waals surface area contributed by atoms with Gasteiger partial charge in [0, 0.05) is 23.2 Å². The number of hydrogen-bond acceptors (Lipinski definition) is 4. The molecule has 37 heavy (non-hydrogen) atoms. The van der Waals surface area contributed by atoms with E-state index in [1.165, 1.54) is 12.1 Å². The highest BCUT2D eigenvalue weighted by Gasteiger charge is 2.21. The zero-order valence-corrected chi connectivity index (χ0v) is 20.4. The van der Waals surface area contributed by atoms with E-state index in [1.54, 1.807) is 65.3 Å². The Morgan fingerprint density at radius 3 is 2.49 bits per heavy atom. The lowest BCUT2D eigenvalue weighted by molar-refractivity contribution is 0.262. The van der Waals surface area contributed by atoms with E-state index >= 15 is 0 Å². The first-order valence-electron chi connectivity index (χ1n) is 11.6. The second-order valence-electron chi connectivity index (χ2n) is 9.52. The number of carbonyl (C=O) groups is 1. The van der Waals surface area contributed by atoms with E-state index in [9.17, 15) is 14.0 Å². The van der Waals surface area contributed by atoms with Crippen LogP contribution in [-0.2, 0) is 5.41 Å². The number of halogens is 1. The quantitative estimate of drug-likeness (QED) is 0.240. The number of amides is 2. The first-order chi connectivity index (χ1) is 17.7. The lowest BCUT2D eigenvalue weighted by Gasteiger charge is -2.14. The third-order valence-corrected chi connectivity index (χ3v) is 5.62. The predicted molar refractivity (Wildman–Crippen MR) is 140 cm³/mol. The zero-order valence-electron chi connectivity index (χ0n) is 20.4. The topological polar surface area (TPSA) is 117 Å². The summed E-state index contributed by atoms with van der Waals surface area (Å²) in [6.07, 6.45) is 0. The maximum absolute atomic E-state index is 13.5. The summed E-state index contributed by atoms with van der Waals surface area (Å²) in [4.78, 5) is 30.0. The number of carbonyl (C=O) groups excluding carboxylic acids is 1. The molecule has 5 rings (SSSR count). The molecule has 0 aliphatic heterocycles. The highest BCUT2D eigenvalue weighted by molar-refractivity contribution is 5.99. The van der Waals surface area contributed by atoms with Crippen molar-refractivity contribution in [2.45, 2.75) is 26.2 Å². The van der Waals surface area contributed by atoms with E-state index in [0.717, 1.165) is 5.69 Å².